The molecule has 3 nitrogen and oxygen atoms in total. The average molecular weight is 299 g/mol. The van der Waals surface area contributed by atoms with E-state index in [1.54, 1.807) is 4.90 Å². The Balaban J connectivity index is 2.62. The second-order valence-electron chi connectivity index (χ2n) is 4.39. The number of nitrogens with zero attached hydrogens (tertiary/aromatic N) is 1. The molecular weight excluding hydrogens is 280 g/mol. The van der Waals surface area contributed by atoms with Crippen LogP contribution in [0.25, 0.3) is 0 Å². The van der Waals surface area contributed by atoms with Crippen LogP contribution in [0.15, 0.2) is 22.7 Å². The number of hydrogen-bond donors (Lipinski definition) is 1. The Morgan fingerprint density at radius 1 is 1.47 bits per heavy atom. The summed E-state index contributed by atoms with van der Waals surface area (Å²) in [5, 5.41) is 3.15. The van der Waals surface area contributed by atoms with Crippen LogP contribution < -0.4 is 5.32 Å². The first kappa shape index (κ1) is 14.0. The zero-order valence-electron chi connectivity index (χ0n) is 10.7. The molecule has 0 unspecified atom stereocenters. The topological polar surface area (TPSA) is 32.3 Å². The van der Waals surface area contributed by atoms with Gasteiger partial charge in [0, 0.05) is 23.2 Å². The quantitative estimate of drug-likeness (QED) is 0.927. The molecule has 0 aromatic heterocycles. The molecule has 0 aliphatic heterocycles. The lowest BCUT2D eigenvalue weighted by Crippen LogP contribution is -2.37. The van der Waals surface area contributed by atoms with E-state index in [1.165, 1.54) is 0 Å². The monoisotopic (exact) mass is 298 g/mol. The molecule has 1 aromatic rings. The first-order valence-corrected chi connectivity index (χ1v) is 6.47. The number of rotatable bonds is 4. The lowest BCUT2D eigenvalue weighted by molar-refractivity contribution is -0.129. The highest BCUT2D eigenvalue weighted by atomic mass is 79.9. The molecule has 17 heavy (non-hydrogen) atoms. The normalized spacial score (nSPS) is 10.5. The van der Waals surface area contributed by atoms with Gasteiger partial charge in [0.15, 0.2) is 0 Å². The highest BCUT2D eigenvalue weighted by Crippen LogP contribution is 2.25. The molecule has 4 heteroatoms. The van der Waals surface area contributed by atoms with Crippen molar-refractivity contribution in [3.05, 3.63) is 28.2 Å². The van der Waals surface area contributed by atoms with E-state index >= 15 is 0 Å². The van der Waals surface area contributed by atoms with Crippen molar-refractivity contribution in [2.24, 2.45) is 0 Å². The van der Waals surface area contributed by atoms with Gasteiger partial charge in [0.2, 0.25) is 5.91 Å². The van der Waals surface area contributed by atoms with E-state index in [4.69, 9.17) is 0 Å². The van der Waals surface area contributed by atoms with Gasteiger partial charge in [0.05, 0.1) is 6.54 Å². The van der Waals surface area contributed by atoms with Gasteiger partial charge in [-0.1, -0.05) is 12.1 Å². The zero-order valence-corrected chi connectivity index (χ0v) is 12.3. The standard InChI is InChI=1S/C13H19BrN2O/c1-9(2)16(4)12(17)8-15-11-7-5-6-10(3)13(11)14/h5-7,9,15H,8H2,1-4H3. The van der Waals surface area contributed by atoms with Gasteiger partial charge < -0.3 is 10.2 Å². The van der Waals surface area contributed by atoms with Gasteiger partial charge in [0.25, 0.3) is 0 Å². The van der Waals surface area contributed by atoms with Gasteiger partial charge in [-0.3, -0.25) is 4.79 Å². The maximum atomic E-state index is 11.8. The predicted octanol–water partition coefficient (Wildman–Crippen LogP) is 3.04. The fourth-order valence-electron chi connectivity index (χ4n) is 1.37. The second kappa shape index (κ2) is 6.05. The van der Waals surface area contributed by atoms with Gasteiger partial charge >= 0.3 is 0 Å². The molecule has 0 aliphatic rings. The summed E-state index contributed by atoms with van der Waals surface area (Å²) in [6.07, 6.45) is 0. The molecule has 1 amide bonds. The minimum Gasteiger partial charge on any atom is -0.375 e. The molecule has 0 spiro atoms. The lowest BCUT2D eigenvalue weighted by atomic mass is 10.2. The summed E-state index contributed by atoms with van der Waals surface area (Å²) in [5.41, 5.74) is 2.11. The van der Waals surface area contributed by atoms with Crippen LogP contribution in [0.5, 0.6) is 0 Å². The van der Waals surface area contributed by atoms with Gasteiger partial charge in [-0.25, -0.2) is 0 Å². The smallest absolute Gasteiger partial charge is 0.241 e. The van der Waals surface area contributed by atoms with Crippen molar-refractivity contribution in [2.75, 3.05) is 18.9 Å². The fraction of sp³-hybridized carbons (Fsp3) is 0.462. The Bertz CT molecular complexity index is 404. The van der Waals surface area contributed by atoms with Gasteiger partial charge in [-0.05, 0) is 48.3 Å². The summed E-state index contributed by atoms with van der Waals surface area (Å²) in [7, 11) is 1.82. The molecule has 1 rings (SSSR count). The molecule has 0 saturated heterocycles. The maximum Gasteiger partial charge on any atom is 0.241 e. The zero-order chi connectivity index (χ0) is 13.0. The highest BCUT2D eigenvalue weighted by molar-refractivity contribution is 9.10. The molecule has 0 heterocycles. The average Bonchev–Trinajstić information content (AvgIpc) is 2.29. The van der Waals surface area contributed by atoms with Crippen LogP contribution in [-0.4, -0.2) is 30.4 Å². The van der Waals surface area contributed by atoms with Crippen LogP contribution in [0, 0.1) is 6.92 Å². The fourth-order valence-corrected chi connectivity index (χ4v) is 1.77. The lowest BCUT2D eigenvalue weighted by Gasteiger charge is -2.22. The molecule has 1 N–H and O–H groups in total. The number of nitrogens with one attached hydrogen (secondary N) is 1. The highest BCUT2D eigenvalue weighted by Gasteiger charge is 2.12. The van der Waals surface area contributed by atoms with Crippen LogP contribution in [-0.2, 0) is 4.79 Å². The van der Waals surface area contributed by atoms with E-state index < -0.39 is 0 Å². The molecule has 0 atom stereocenters. The SMILES string of the molecule is Cc1cccc(NCC(=O)N(C)C(C)C)c1Br. The minimum atomic E-state index is 0.0911. The van der Waals surface area contributed by atoms with Crippen molar-refractivity contribution in [2.45, 2.75) is 26.8 Å². The van der Waals surface area contributed by atoms with Gasteiger partial charge in [0.1, 0.15) is 0 Å². The largest absolute Gasteiger partial charge is 0.375 e. The maximum absolute atomic E-state index is 11.8. The van der Waals surface area contributed by atoms with Crippen LogP contribution in [0.4, 0.5) is 5.69 Å². The summed E-state index contributed by atoms with van der Waals surface area (Å²) in [4.78, 5) is 13.5. The molecule has 0 radical (unpaired) electrons. The van der Waals surface area contributed by atoms with Crippen LogP contribution in [0.1, 0.15) is 19.4 Å². The number of amides is 1. The summed E-state index contributed by atoms with van der Waals surface area (Å²) in [6, 6.07) is 6.18. The van der Waals surface area contributed by atoms with E-state index in [1.807, 2.05) is 46.0 Å². The van der Waals surface area contributed by atoms with Crippen molar-refractivity contribution in [1.82, 2.24) is 4.90 Å². The van der Waals surface area contributed by atoms with Gasteiger partial charge in [-0.15, -0.1) is 0 Å². The summed E-state index contributed by atoms with van der Waals surface area (Å²) in [6.45, 7) is 6.34. The third-order valence-corrected chi connectivity index (χ3v) is 3.84. The number of halogens is 1. The van der Waals surface area contributed by atoms with Crippen molar-refractivity contribution in [3.63, 3.8) is 0 Å². The van der Waals surface area contributed by atoms with Crippen molar-refractivity contribution >= 4 is 27.5 Å². The Kier molecular flexibility index (Phi) is 5.00. The van der Waals surface area contributed by atoms with E-state index in [-0.39, 0.29) is 11.9 Å². The van der Waals surface area contributed by atoms with E-state index in [0.29, 0.717) is 6.54 Å². The number of carbonyl (C=O) groups is 1. The van der Waals surface area contributed by atoms with Crippen molar-refractivity contribution < 1.29 is 4.79 Å². The number of carbonyl (C=O) groups excluding carboxylic acids is 1. The molecule has 0 bridgehead atoms. The van der Waals surface area contributed by atoms with E-state index in [2.05, 4.69) is 21.2 Å². The van der Waals surface area contributed by atoms with Crippen LogP contribution in [0.3, 0.4) is 0 Å². The second-order valence-corrected chi connectivity index (χ2v) is 5.18. The molecule has 0 aliphatic carbocycles. The summed E-state index contributed by atoms with van der Waals surface area (Å²) in [5.74, 6) is 0.0911. The minimum absolute atomic E-state index is 0.0911. The molecule has 0 fully saturated rings. The Morgan fingerprint density at radius 2 is 2.12 bits per heavy atom. The Hall–Kier alpha value is -1.03. The molecule has 94 valence electrons. The third kappa shape index (κ3) is 3.73. The Labute approximate surface area is 111 Å². The molecule has 0 saturated carbocycles. The number of aryl methyl sites for hydroxylation is 1. The van der Waals surface area contributed by atoms with Crippen LogP contribution in [0.2, 0.25) is 0 Å². The summed E-state index contributed by atoms with van der Waals surface area (Å²) >= 11 is 3.51. The number of hydrogen-bond acceptors (Lipinski definition) is 2. The summed E-state index contributed by atoms with van der Waals surface area (Å²) < 4.78 is 1.01. The van der Waals surface area contributed by atoms with Gasteiger partial charge in [-0.2, -0.15) is 0 Å². The van der Waals surface area contributed by atoms with Crippen LogP contribution >= 0.6 is 15.9 Å². The predicted molar refractivity (Wildman–Crippen MR) is 75.3 cm³/mol. The van der Waals surface area contributed by atoms with E-state index in [9.17, 15) is 4.79 Å². The number of anilines is 1. The number of likely N-dealkylation sites (N-methyl/N-ethyl adjacent to an activating group) is 1. The van der Waals surface area contributed by atoms with E-state index in [0.717, 1.165) is 15.7 Å². The van der Waals surface area contributed by atoms with Crippen molar-refractivity contribution in [1.29, 1.82) is 0 Å². The first-order chi connectivity index (χ1) is 7.93. The third-order valence-electron chi connectivity index (χ3n) is 2.79. The van der Waals surface area contributed by atoms with Crippen molar-refractivity contribution in [3.8, 4) is 0 Å². The first-order valence-electron chi connectivity index (χ1n) is 5.68. The number of benzene rings is 1. The molecular formula is C13H19BrN2O. The Morgan fingerprint density at radius 3 is 2.71 bits per heavy atom. The molecule has 1 aromatic carbocycles.